The van der Waals surface area contributed by atoms with Crippen LogP contribution in [0.1, 0.15) is 18.9 Å². The number of benzene rings is 1. The molecule has 1 saturated heterocycles. The zero-order chi connectivity index (χ0) is 13.3. The van der Waals surface area contributed by atoms with Crippen molar-refractivity contribution >= 4 is 11.8 Å². The Morgan fingerprint density at radius 3 is 2.95 bits per heavy atom. The van der Waals surface area contributed by atoms with Gasteiger partial charge in [0.05, 0.1) is 0 Å². The minimum Gasteiger partial charge on any atom is -0.314 e. The van der Waals surface area contributed by atoms with Crippen molar-refractivity contribution in [1.82, 2.24) is 10.2 Å². The van der Waals surface area contributed by atoms with E-state index in [1.54, 1.807) is 0 Å². The van der Waals surface area contributed by atoms with Gasteiger partial charge in [-0.3, -0.25) is 4.90 Å². The lowest BCUT2D eigenvalue weighted by Gasteiger charge is -2.36. The van der Waals surface area contributed by atoms with Crippen molar-refractivity contribution in [1.29, 1.82) is 0 Å². The third kappa shape index (κ3) is 5.17. The molecule has 106 valence electrons. The van der Waals surface area contributed by atoms with E-state index in [2.05, 4.69) is 59.2 Å². The van der Waals surface area contributed by atoms with E-state index in [-0.39, 0.29) is 0 Å². The van der Waals surface area contributed by atoms with Crippen LogP contribution in [-0.2, 0) is 6.42 Å². The smallest absolute Gasteiger partial charge is 0.0261 e. The fourth-order valence-corrected chi connectivity index (χ4v) is 3.32. The van der Waals surface area contributed by atoms with Crippen molar-refractivity contribution < 1.29 is 0 Å². The monoisotopic (exact) mass is 278 g/mol. The lowest BCUT2D eigenvalue weighted by Crippen LogP contribution is -2.52. The molecule has 19 heavy (non-hydrogen) atoms. The first-order valence-corrected chi connectivity index (χ1v) is 8.62. The van der Waals surface area contributed by atoms with Crippen molar-refractivity contribution in [2.24, 2.45) is 0 Å². The molecule has 0 saturated carbocycles. The van der Waals surface area contributed by atoms with Crippen LogP contribution in [0.3, 0.4) is 0 Å². The van der Waals surface area contributed by atoms with Gasteiger partial charge in [-0.15, -0.1) is 0 Å². The summed E-state index contributed by atoms with van der Waals surface area (Å²) >= 11 is 2.06. The van der Waals surface area contributed by atoms with Gasteiger partial charge >= 0.3 is 0 Å². The average molecular weight is 278 g/mol. The van der Waals surface area contributed by atoms with Crippen LogP contribution in [0.15, 0.2) is 30.3 Å². The van der Waals surface area contributed by atoms with Gasteiger partial charge in [-0.25, -0.2) is 0 Å². The Bertz CT molecular complexity index is 342. The fourth-order valence-electron chi connectivity index (χ4n) is 2.70. The minimum atomic E-state index is 0.669. The van der Waals surface area contributed by atoms with E-state index < -0.39 is 0 Å². The van der Waals surface area contributed by atoms with Crippen LogP contribution in [0.25, 0.3) is 0 Å². The number of hydrogen-bond acceptors (Lipinski definition) is 3. The molecule has 1 aliphatic rings. The molecule has 2 nitrogen and oxygen atoms in total. The van der Waals surface area contributed by atoms with Gasteiger partial charge in [-0.1, -0.05) is 37.3 Å². The summed E-state index contributed by atoms with van der Waals surface area (Å²) in [5.74, 6) is 2.55. The molecular weight excluding hydrogens is 252 g/mol. The summed E-state index contributed by atoms with van der Waals surface area (Å²) in [7, 11) is 0. The van der Waals surface area contributed by atoms with Crippen molar-refractivity contribution in [3.63, 3.8) is 0 Å². The highest BCUT2D eigenvalue weighted by molar-refractivity contribution is 7.99. The highest BCUT2D eigenvalue weighted by Gasteiger charge is 2.21. The van der Waals surface area contributed by atoms with Gasteiger partial charge in [0.15, 0.2) is 0 Å². The molecule has 1 atom stereocenters. The Hall–Kier alpha value is -0.510. The first-order valence-electron chi connectivity index (χ1n) is 7.46. The lowest BCUT2D eigenvalue weighted by atomic mass is 10.0. The molecule has 0 spiro atoms. The van der Waals surface area contributed by atoms with Gasteiger partial charge in [0.1, 0.15) is 0 Å². The number of thioether (sulfide) groups is 1. The number of nitrogens with one attached hydrogen (secondary N) is 1. The summed E-state index contributed by atoms with van der Waals surface area (Å²) in [6.07, 6.45) is 2.50. The number of rotatable bonds is 7. The Morgan fingerprint density at radius 2 is 2.16 bits per heavy atom. The molecule has 1 N–H and O–H groups in total. The molecule has 2 rings (SSSR count). The zero-order valence-corrected chi connectivity index (χ0v) is 12.8. The Balaban J connectivity index is 1.82. The summed E-state index contributed by atoms with van der Waals surface area (Å²) < 4.78 is 0. The van der Waals surface area contributed by atoms with Gasteiger partial charge in [-0.2, -0.15) is 11.8 Å². The van der Waals surface area contributed by atoms with Crippen LogP contribution in [0.4, 0.5) is 0 Å². The number of piperazine rings is 1. The minimum absolute atomic E-state index is 0.669. The highest BCUT2D eigenvalue weighted by Crippen LogP contribution is 2.12. The van der Waals surface area contributed by atoms with Gasteiger partial charge in [0.2, 0.25) is 0 Å². The summed E-state index contributed by atoms with van der Waals surface area (Å²) in [5.41, 5.74) is 1.46. The topological polar surface area (TPSA) is 15.3 Å². The Labute approximate surface area is 122 Å². The fraction of sp³-hybridized carbons (Fsp3) is 0.625. The molecule has 0 aromatic heterocycles. The summed E-state index contributed by atoms with van der Waals surface area (Å²) in [6, 6.07) is 11.6. The van der Waals surface area contributed by atoms with E-state index in [1.165, 1.54) is 43.0 Å². The van der Waals surface area contributed by atoms with E-state index in [9.17, 15) is 0 Å². The van der Waals surface area contributed by atoms with Gasteiger partial charge in [0.25, 0.3) is 0 Å². The van der Waals surface area contributed by atoms with Crippen LogP contribution < -0.4 is 5.32 Å². The molecule has 1 aromatic rings. The molecule has 1 aliphatic heterocycles. The van der Waals surface area contributed by atoms with Gasteiger partial charge in [0, 0.05) is 25.7 Å². The van der Waals surface area contributed by atoms with Crippen molar-refractivity contribution in [2.45, 2.75) is 25.8 Å². The lowest BCUT2D eigenvalue weighted by molar-refractivity contribution is 0.161. The van der Waals surface area contributed by atoms with E-state index in [0.29, 0.717) is 6.04 Å². The second-order valence-corrected chi connectivity index (χ2v) is 6.53. The van der Waals surface area contributed by atoms with Crippen molar-refractivity contribution in [2.75, 3.05) is 37.7 Å². The summed E-state index contributed by atoms with van der Waals surface area (Å²) in [6.45, 7) is 6.98. The van der Waals surface area contributed by atoms with Crippen LogP contribution in [0, 0.1) is 0 Å². The predicted octanol–water partition coefficient (Wildman–Crippen LogP) is 2.65. The molecule has 1 fully saturated rings. The van der Waals surface area contributed by atoms with E-state index >= 15 is 0 Å². The third-order valence-electron chi connectivity index (χ3n) is 3.72. The predicted molar refractivity (Wildman–Crippen MR) is 86.0 cm³/mol. The second kappa shape index (κ2) is 8.62. The van der Waals surface area contributed by atoms with E-state index in [1.807, 2.05) is 0 Å². The molecule has 0 amide bonds. The van der Waals surface area contributed by atoms with Crippen molar-refractivity contribution in [3.05, 3.63) is 35.9 Å². The van der Waals surface area contributed by atoms with E-state index in [0.717, 1.165) is 13.1 Å². The Morgan fingerprint density at radius 1 is 1.32 bits per heavy atom. The molecule has 1 aromatic carbocycles. The van der Waals surface area contributed by atoms with Gasteiger partial charge < -0.3 is 5.32 Å². The largest absolute Gasteiger partial charge is 0.314 e. The second-order valence-electron chi connectivity index (χ2n) is 5.13. The molecule has 0 radical (unpaired) electrons. The van der Waals surface area contributed by atoms with Crippen molar-refractivity contribution in [3.8, 4) is 0 Å². The maximum atomic E-state index is 3.54. The molecule has 0 aliphatic carbocycles. The summed E-state index contributed by atoms with van der Waals surface area (Å²) in [5, 5.41) is 3.54. The Kier molecular flexibility index (Phi) is 6.75. The molecular formula is C16H26N2S. The molecule has 3 heteroatoms. The van der Waals surface area contributed by atoms with Crippen LogP contribution >= 0.6 is 11.8 Å². The van der Waals surface area contributed by atoms with Crippen LogP contribution in [-0.4, -0.2) is 48.6 Å². The SMILES string of the molecule is CCSCCCN1CCNCC1Cc1ccccc1. The van der Waals surface area contributed by atoms with Crippen LogP contribution in [0.5, 0.6) is 0 Å². The molecule has 1 heterocycles. The highest BCUT2D eigenvalue weighted by atomic mass is 32.2. The molecule has 0 bridgehead atoms. The normalized spacial score (nSPS) is 20.6. The number of hydrogen-bond donors (Lipinski definition) is 1. The average Bonchev–Trinajstić information content (AvgIpc) is 2.46. The number of nitrogens with zero attached hydrogens (tertiary/aromatic N) is 1. The first-order chi connectivity index (χ1) is 9.40. The van der Waals surface area contributed by atoms with Gasteiger partial charge in [-0.05, 0) is 36.5 Å². The third-order valence-corrected chi connectivity index (χ3v) is 4.71. The summed E-state index contributed by atoms with van der Waals surface area (Å²) in [4.78, 5) is 2.68. The standard InChI is InChI=1S/C16H26N2S/c1-2-19-12-6-10-18-11-9-17-14-16(18)13-15-7-4-3-5-8-15/h3-5,7-8,16-17H,2,6,9-14H2,1H3. The van der Waals surface area contributed by atoms with Crippen LogP contribution in [0.2, 0.25) is 0 Å². The maximum absolute atomic E-state index is 3.54. The first kappa shape index (κ1) is 14.9. The zero-order valence-electron chi connectivity index (χ0n) is 12.0. The molecule has 1 unspecified atom stereocenters. The maximum Gasteiger partial charge on any atom is 0.0261 e. The quantitative estimate of drug-likeness (QED) is 0.772. The van der Waals surface area contributed by atoms with E-state index in [4.69, 9.17) is 0 Å².